The number of hydrogen-bond donors (Lipinski definition) is 1. The fourth-order valence-corrected chi connectivity index (χ4v) is 2.20. The summed E-state index contributed by atoms with van der Waals surface area (Å²) < 4.78 is 6.89. The second-order valence-corrected chi connectivity index (χ2v) is 4.41. The Hall–Kier alpha value is -2.59. The number of nitrogens with zero attached hydrogens (tertiary/aromatic N) is 5. The van der Waals surface area contributed by atoms with Gasteiger partial charge in [-0.15, -0.1) is 5.10 Å². The summed E-state index contributed by atoms with van der Waals surface area (Å²) in [6.45, 7) is 2.68. The van der Waals surface area contributed by atoms with E-state index >= 15 is 0 Å². The summed E-state index contributed by atoms with van der Waals surface area (Å²) in [6.07, 6.45) is 3.33. The van der Waals surface area contributed by atoms with Crippen LogP contribution >= 0.6 is 0 Å². The summed E-state index contributed by atoms with van der Waals surface area (Å²) in [5.74, 6) is 0.963. The predicted octanol–water partition coefficient (Wildman–Crippen LogP) is 0.558. The van der Waals surface area contributed by atoms with Gasteiger partial charge >= 0.3 is 0 Å². The van der Waals surface area contributed by atoms with Crippen LogP contribution in [0.1, 0.15) is 5.56 Å². The van der Waals surface area contributed by atoms with Gasteiger partial charge < -0.3 is 15.4 Å². The molecule has 0 unspecified atom stereocenters. The molecule has 0 bridgehead atoms. The summed E-state index contributed by atoms with van der Waals surface area (Å²) in [7, 11) is 0. The molecular weight excluding hydrogens is 256 g/mol. The van der Waals surface area contributed by atoms with Gasteiger partial charge in [-0.25, -0.2) is 4.68 Å². The Morgan fingerprint density at radius 2 is 1.95 bits per heavy atom. The van der Waals surface area contributed by atoms with Crippen molar-refractivity contribution >= 4 is 11.6 Å². The van der Waals surface area contributed by atoms with Crippen LogP contribution in [0.5, 0.6) is 0 Å². The standard InChI is InChI=1S/C13H14N6O/c14-9-11-12(15)19(10-1-3-16-4-2-10)17-13(11)18-5-7-20-8-6-18/h1-4H,5-8,15H2. The SMILES string of the molecule is N#Cc1c(N2CCOCC2)nn(-c2ccncc2)c1N. The fraction of sp³-hybridized carbons (Fsp3) is 0.308. The number of nitriles is 1. The maximum atomic E-state index is 9.34. The molecule has 2 aromatic heterocycles. The Bertz CT molecular complexity index is 639. The maximum Gasteiger partial charge on any atom is 0.171 e. The van der Waals surface area contributed by atoms with Gasteiger partial charge in [0.1, 0.15) is 17.5 Å². The topological polar surface area (TPSA) is 93.0 Å². The van der Waals surface area contributed by atoms with Gasteiger partial charge in [0.15, 0.2) is 5.82 Å². The third-order valence-corrected chi connectivity index (χ3v) is 3.23. The highest BCUT2D eigenvalue weighted by atomic mass is 16.5. The first kappa shape index (κ1) is 12.4. The molecule has 7 heteroatoms. The number of ether oxygens (including phenoxy) is 1. The van der Waals surface area contributed by atoms with Gasteiger partial charge in [-0.1, -0.05) is 0 Å². The van der Waals surface area contributed by atoms with E-state index in [0.717, 1.165) is 5.69 Å². The number of rotatable bonds is 2. The monoisotopic (exact) mass is 270 g/mol. The van der Waals surface area contributed by atoms with Gasteiger partial charge in [0.25, 0.3) is 0 Å². The van der Waals surface area contributed by atoms with Gasteiger partial charge in [0, 0.05) is 25.5 Å². The molecule has 0 amide bonds. The summed E-state index contributed by atoms with van der Waals surface area (Å²) in [4.78, 5) is 5.99. The summed E-state index contributed by atoms with van der Waals surface area (Å²) >= 11 is 0. The first-order valence-corrected chi connectivity index (χ1v) is 6.33. The average molecular weight is 270 g/mol. The molecule has 0 spiro atoms. The summed E-state index contributed by atoms with van der Waals surface area (Å²) in [6, 6.07) is 5.74. The molecule has 0 aromatic carbocycles. The number of aromatic nitrogens is 3. The van der Waals surface area contributed by atoms with E-state index in [1.807, 2.05) is 4.90 Å². The Morgan fingerprint density at radius 1 is 1.25 bits per heavy atom. The zero-order chi connectivity index (χ0) is 13.9. The molecule has 1 fully saturated rings. The quantitative estimate of drug-likeness (QED) is 0.857. The number of nitrogens with two attached hydrogens (primary N) is 1. The van der Waals surface area contributed by atoms with Crippen LogP contribution < -0.4 is 10.6 Å². The smallest absolute Gasteiger partial charge is 0.171 e. The molecule has 0 radical (unpaired) electrons. The highest BCUT2D eigenvalue weighted by molar-refractivity contribution is 5.67. The van der Waals surface area contributed by atoms with Crippen molar-refractivity contribution in [2.45, 2.75) is 0 Å². The van der Waals surface area contributed by atoms with E-state index < -0.39 is 0 Å². The minimum absolute atomic E-state index is 0.347. The molecule has 3 heterocycles. The van der Waals surface area contributed by atoms with E-state index in [2.05, 4.69) is 16.2 Å². The van der Waals surface area contributed by atoms with Gasteiger partial charge in [0.05, 0.1) is 18.9 Å². The normalized spacial score (nSPS) is 15.1. The van der Waals surface area contributed by atoms with Crippen molar-refractivity contribution in [3.63, 3.8) is 0 Å². The van der Waals surface area contributed by atoms with Crippen molar-refractivity contribution < 1.29 is 4.74 Å². The molecule has 1 aliphatic rings. The Kier molecular flexibility index (Phi) is 3.23. The molecule has 1 saturated heterocycles. The minimum atomic E-state index is 0.347. The summed E-state index contributed by atoms with van der Waals surface area (Å²) in [5.41, 5.74) is 7.24. The van der Waals surface area contributed by atoms with Crippen LogP contribution in [0.25, 0.3) is 5.69 Å². The van der Waals surface area contributed by atoms with Gasteiger partial charge in [0.2, 0.25) is 0 Å². The Morgan fingerprint density at radius 3 is 2.60 bits per heavy atom. The zero-order valence-electron chi connectivity index (χ0n) is 10.9. The fourth-order valence-electron chi connectivity index (χ4n) is 2.20. The van der Waals surface area contributed by atoms with Gasteiger partial charge in [-0.3, -0.25) is 4.98 Å². The van der Waals surface area contributed by atoms with E-state index in [1.54, 1.807) is 29.2 Å². The molecule has 0 aliphatic carbocycles. The van der Waals surface area contributed by atoms with Crippen molar-refractivity contribution in [3.05, 3.63) is 30.1 Å². The lowest BCUT2D eigenvalue weighted by atomic mass is 10.3. The van der Waals surface area contributed by atoms with E-state index in [0.29, 0.717) is 43.5 Å². The number of pyridine rings is 1. The average Bonchev–Trinajstić information content (AvgIpc) is 2.86. The van der Waals surface area contributed by atoms with Gasteiger partial charge in [-0.2, -0.15) is 5.26 Å². The highest BCUT2D eigenvalue weighted by Gasteiger charge is 2.23. The number of nitrogen functional groups attached to an aromatic ring is 1. The molecule has 0 saturated carbocycles. The van der Waals surface area contributed by atoms with E-state index in [9.17, 15) is 5.26 Å². The van der Waals surface area contributed by atoms with Crippen LogP contribution in [0.4, 0.5) is 11.6 Å². The maximum absolute atomic E-state index is 9.34. The second-order valence-electron chi connectivity index (χ2n) is 4.41. The van der Waals surface area contributed by atoms with Crippen LogP contribution in [-0.4, -0.2) is 41.1 Å². The lowest BCUT2D eigenvalue weighted by Gasteiger charge is -2.26. The van der Waals surface area contributed by atoms with Crippen molar-refractivity contribution in [1.82, 2.24) is 14.8 Å². The first-order chi connectivity index (χ1) is 9.81. The highest BCUT2D eigenvalue weighted by Crippen LogP contribution is 2.27. The van der Waals surface area contributed by atoms with Crippen LogP contribution in [0.15, 0.2) is 24.5 Å². The zero-order valence-corrected chi connectivity index (χ0v) is 10.9. The van der Waals surface area contributed by atoms with Crippen molar-refractivity contribution in [2.75, 3.05) is 36.9 Å². The summed E-state index contributed by atoms with van der Waals surface area (Å²) in [5, 5.41) is 13.8. The molecule has 0 atom stereocenters. The molecule has 1 aliphatic heterocycles. The second kappa shape index (κ2) is 5.19. The van der Waals surface area contributed by atoms with Crippen LogP contribution in [0, 0.1) is 11.3 Å². The number of hydrogen-bond acceptors (Lipinski definition) is 6. The Balaban J connectivity index is 2.05. The van der Waals surface area contributed by atoms with Crippen molar-refractivity contribution in [2.24, 2.45) is 0 Å². The molecule has 2 N–H and O–H groups in total. The van der Waals surface area contributed by atoms with E-state index in [1.165, 1.54) is 0 Å². The van der Waals surface area contributed by atoms with Crippen LogP contribution in [0.3, 0.4) is 0 Å². The van der Waals surface area contributed by atoms with E-state index in [4.69, 9.17) is 10.5 Å². The molecular formula is C13H14N6O. The number of anilines is 2. The van der Waals surface area contributed by atoms with Crippen LogP contribution in [-0.2, 0) is 4.74 Å². The third-order valence-electron chi connectivity index (χ3n) is 3.23. The molecule has 7 nitrogen and oxygen atoms in total. The predicted molar refractivity (Wildman–Crippen MR) is 73.5 cm³/mol. The molecule has 20 heavy (non-hydrogen) atoms. The number of morpholine rings is 1. The molecule has 3 rings (SSSR count). The van der Waals surface area contributed by atoms with E-state index in [-0.39, 0.29) is 0 Å². The van der Waals surface area contributed by atoms with Crippen LogP contribution in [0.2, 0.25) is 0 Å². The lowest BCUT2D eigenvalue weighted by Crippen LogP contribution is -2.37. The first-order valence-electron chi connectivity index (χ1n) is 6.33. The molecule has 2 aromatic rings. The van der Waals surface area contributed by atoms with Crippen molar-refractivity contribution in [1.29, 1.82) is 5.26 Å². The Labute approximate surface area is 116 Å². The minimum Gasteiger partial charge on any atom is -0.382 e. The third kappa shape index (κ3) is 2.06. The lowest BCUT2D eigenvalue weighted by molar-refractivity contribution is 0.122. The van der Waals surface area contributed by atoms with Crippen molar-refractivity contribution in [3.8, 4) is 11.8 Å². The molecule has 102 valence electrons. The van der Waals surface area contributed by atoms with Gasteiger partial charge in [-0.05, 0) is 12.1 Å². The largest absolute Gasteiger partial charge is 0.382 e.